The number of aromatic nitrogens is 3. The first-order chi connectivity index (χ1) is 16.1. The van der Waals surface area contributed by atoms with Gasteiger partial charge in [-0.15, -0.1) is 0 Å². The van der Waals surface area contributed by atoms with Gasteiger partial charge in [-0.25, -0.2) is 9.97 Å². The predicted molar refractivity (Wildman–Crippen MR) is 124 cm³/mol. The van der Waals surface area contributed by atoms with Crippen LogP contribution in [-0.2, 0) is 17.9 Å². The van der Waals surface area contributed by atoms with Gasteiger partial charge in [0.2, 0.25) is 0 Å². The quantitative estimate of drug-likeness (QED) is 0.550. The third-order valence-corrected chi connectivity index (χ3v) is 5.91. The molecule has 4 rings (SSSR count). The second kappa shape index (κ2) is 10.4. The van der Waals surface area contributed by atoms with E-state index in [2.05, 4.69) is 20.6 Å². The van der Waals surface area contributed by atoms with E-state index >= 15 is 0 Å². The summed E-state index contributed by atoms with van der Waals surface area (Å²) in [6.07, 6.45) is 4.72. The van der Waals surface area contributed by atoms with Gasteiger partial charge in [0.05, 0.1) is 36.6 Å². The van der Waals surface area contributed by atoms with E-state index < -0.39 is 0 Å². The zero-order valence-electron chi connectivity index (χ0n) is 19.0. The van der Waals surface area contributed by atoms with E-state index in [1.54, 1.807) is 24.5 Å². The topological polar surface area (TPSA) is 98.1 Å². The zero-order valence-corrected chi connectivity index (χ0v) is 19.0. The van der Waals surface area contributed by atoms with Crippen LogP contribution in [0.1, 0.15) is 76.7 Å². The lowest BCUT2D eigenvalue weighted by atomic mass is 10.0. The first kappa shape index (κ1) is 22.7. The second-order valence-electron chi connectivity index (χ2n) is 7.98. The normalized spacial score (nSPS) is 14.7. The molecule has 8 heteroatoms. The van der Waals surface area contributed by atoms with Crippen LogP contribution in [0.15, 0.2) is 54.9 Å². The van der Waals surface area contributed by atoms with E-state index in [9.17, 15) is 9.59 Å². The summed E-state index contributed by atoms with van der Waals surface area (Å²) < 4.78 is 7.50. The largest absolute Gasteiger partial charge is 0.373 e. The van der Waals surface area contributed by atoms with Crippen LogP contribution in [0.25, 0.3) is 0 Å². The molecule has 0 saturated carbocycles. The molecule has 3 aromatic rings. The summed E-state index contributed by atoms with van der Waals surface area (Å²) in [4.78, 5) is 35.0. The number of hydrogen-bond donors (Lipinski definition) is 2. The van der Waals surface area contributed by atoms with Crippen LogP contribution in [0.5, 0.6) is 0 Å². The molecule has 3 heterocycles. The highest BCUT2D eigenvalue weighted by molar-refractivity contribution is 6.01. The Morgan fingerprint density at radius 3 is 2.39 bits per heavy atom. The van der Waals surface area contributed by atoms with Crippen molar-refractivity contribution in [3.8, 4) is 0 Å². The molecule has 2 aromatic heterocycles. The van der Waals surface area contributed by atoms with Gasteiger partial charge in [-0.3, -0.25) is 9.59 Å². The molecule has 2 amide bonds. The summed E-state index contributed by atoms with van der Waals surface area (Å²) in [6.45, 7) is 5.30. The number of ether oxygens (including phenoxy) is 1. The fourth-order valence-electron chi connectivity index (χ4n) is 4.12. The third-order valence-electron chi connectivity index (χ3n) is 5.91. The van der Waals surface area contributed by atoms with Crippen molar-refractivity contribution in [2.75, 3.05) is 6.61 Å². The molecule has 172 valence electrons. The summed E-state index contributed by atoms with van der Waals surface area (Å²) in [6, 6.07) is 12.9. The van der Waals surface area contributed by atoms with Crippen molar-refractivity contribution in [1.82, 2.24) is 25.2 Å². The molecule has 1 aliphatic heterocycles. The van der Waals surface area contributed by atoms with Crippen molar-refractivity contribution < 1.29 is 14.3 Å². The first-order valence-electron chi connectivity index (χ1n) is 11.4. The van der Waals surface area contributed by atoms with Crippen LogP contribution in [0.3, 0.4) is 0 Å². The fraction of sp³-hybridized carbons (Fsp3) is 0.360. The van der Waals surface area contributed by atoms with Crippen LogP contribution in [0.2, 0.25) is 0 Å². The molecule has 33 heavy (non-hydrogen) atoms. The van der Waals surface area contributed by atoms with Crippen molar-refractivity contribution in [3.63, 3.8) is 0 Å². The number of nitrogens with one attached hydrogen (secondary N) is 2. The van der Waals surface area contributed by atoms with Crippen molar-refractivity contribution in [3.05, 3.63) is 83.2 Å². The average molecular weight is 448 g/mol. The molecule has 0 spiro atoms. The van der Waals surface area contributed by atoms with E-state index in [0.717, 1.165) is 12.0 Å². The smallest absolute Gasteiger partial charge is 0.268 e. The van der Waals surface area contributed by atoms with Crippen LogP contribution >= 0.6 is 0 Å². The van der Waals surface area contributed by atoms with Crippen molar-refractivity contribution >= 4 is 11.8 Å². The molecule has 8 nitrogen and oxygen atoms in total. The maximum absolute atomic E-state index is 13.3. The van der Waals surface area contributed by atoms with E-state index in [1.165, 1.54) is 0 Å². The number of amides is 2. The van der Waals surface area contributed by atoms with Gasteiger partial charge < -0.3 is 19.9 Å². The van der Waals surface area contributed by atoms with E-state index in [4.69, 9.17) is 4.74 Å². The van der Waals surface area contributed by atoms with Crippen LogP contribution in [0.4, 0.5) is 0 Å². The number of hydrogen-bond acceptors (Lipinski definition) is 5. The average Bonchev–Trinajstić information content (AvgIpc) is 3.26. The maximum Gasteiger partial charge on any atom is 0.268 e. The van der Waals surface area contributed by atoms with E-state index in [1.807, 2.05) is 48.7 Å². The lowest BCUT2D eigenvalue weighted by molar-refractivity contribution is 0.0773. The van der Waals surface area contributed by atoms with Gasteiger partial charge in [0.1, 0.15) is 11.5 Å². The molecule has 1 aromatic carbocycles. The molecule has 0 aliphatic carbocycles. The third kappa shape index (κ3) is 4.96. The molecule has 0 fully saturated rings. The molecule has 0 saturated heterocycles. The van der Waals surface area contributed by atoms with Crippen LogP contribution in [0, 0.1) is 0 Å². The maximum atomic E-state index is 13.3. The van der Waals surface area contributed by atoms with Gasteiger partial charge in [0.25, 0.3) is 11.8 Å². The summed E-state index contributed by atoms with van der Waals surface area (Å²) >= 11 is 0. The zero-order chi connectivity index (χ0) is 23.2. The van der Waals surface area contributed by atoms with Gasteiger partial charge in [-0.05, 0) is 30.5 Å². The monoisotopic (exact) mass is 447 g/mol. The Bertz CT molecular complexity index is 1010. The Morgan fingerprint density at radius 1 is 1.00 bits per heavy atom. The minimum atomic E-state index is -0.321. The molecular weight excluding hydrogens is 418 g/mol. The van der Waals surface area contributed by atoms with Gasteiger partial charge in [0.15, 0.2) is 0 Å². The highest BCUT2D eigenvalue weighted by Crippen LogP contribution is 2.24. The van der Waals surface area contributed by atoms with Crippen LogP contribution in [-0.4, -0.2) is 33.0 Å². The van der Waals surface area contributed by atoms with Crippen molar-refractivity contribution in [1.29, 1.82) is 0 Å². The Morgan fingerprint density at radius 2 is 1.70 bits per heavy atom. The molecule has 2 atom stereocenters. The number of nitrogens with zero attached hydrogens (tertiary/aromatic N) is 3. The van der Waals surface area contributed by atoms with Gasteiger partial charge >= 0.3 is 0 Å². The number of benzene rings is 1. The van der Waals surface area contributed by atoms with Crippen molar-refractivity contribution in [2.24, 2.45) is 0 Å². The standard InChI is InChI=1S/C25H29N5O3/c1-3-19(17-9-6-5-7-10-17)28-25(32)21-15-18(22-16-33-14-13-30(21)22)24(31)29-20(4-2)23-26-11-8-12-27-23/h5-12,15,19-20H,3-4,13-14,16H2,1-2H3,(H,28,32)(H,29,31)/t19-,20?/m1/s1. The Labute approximate surface area is 193 Å². The second-order valence-corrected chi connectivity index (χ2v) is 7.98. The number of carbonyl (C=O) groups is 2. The Balaban J connectivity index is 1.58. The Kier molecular flexibility index (Phi) is 7.14. The summed E-state index contributed by atoms with van der Waals surface area (Å²) in [5.41, 5.74) is 2.67. The molecule has 1 aliphatic rings. The first-order valence-corrected chi connectivity index (χ1v) is 11.4. The summed E-state index contributed by atoms with van der Waals surface area (Å²) in [5, 5.41) is 6.14. The predicted octanol–water partition coefficient (Wildman–Crippen LogP) is 3.57. The van der Waals surface area contributed by atoms with E-state index in [0.29, 0.717) is 42.3 Å². The molecule has 0 bridgehead atoms. The van der Waals surface area contributed by atoms with Crippen LogP contribution < -0.4 is 10.6 Å². The fourth-order valence-corrected chi connectivity index (χ4v) is 4.12. The highest BCUT2D eigenvalue weighted by atomic mass is 16.5. The van der Waals surface area contributed by atoms with Gasteiger partial charge in [-0.2, -0.15) is 0 Å². The summed E-state index contributed by atoms with van der Waals surface area (Å²) in [5.74, 6) is 0.0910. The van der Waals surface area contributed by atoms with Gasteiger partial charge in [-0.1, -0.05) is 44.2 Å². The lowest BCUT2D eigenvalue weighted by Gasteiger charge is -2.21. The summed E-state index contributed by atoms with van der Waals surface area (Å²) in [7, 11) is 0. The SMILES string of the molecule is CCC(NC(=O)c1cc(C(=O)N[C@H](CC)c2ccccc2)n2c1COCC2)c1ncccn1. The highest BCUT2D eigenvalue weighted by Gasteiger charge is 2.28. The molecule has 1 unspecified atom stereocenters. The molecular formula is C25H29N5O3. The number of carbonyl (C=O) groups excluding carboxylic acids is 2. The van der Waals surface area contributed by atoms with E-state index in [-0.39, 0.29) is 30.5 Å². The lowest BCUT2D eigenvalue weighted by Crippen LogP contribution is -2.31. The minimum absolute atomic E-state index is 0.110. The van der Waals surface area contributed by atoms with Crippen molar-refractivity contribution in [2.45, 2.75) is 51.9 Å². The number of rotatable bonds is 8. The number of fused-ring (bicyclic) bond motifs is 1. The Hall–Kier alpha value is -3.52. The van der Waals surface area contributed by atoms with Gasteiger partial charge in [0, 0.05) is 18.9 Å². The molecule has 2 N–H and O–H groups in total. The molecule has 0 radical (unpaired) electrons. The minimum Gasteiger partial charge on any atom is -0.373 e.